The topological polar surface area (TPSA) is 123 Å². The van der Waals surface area contributed by atoms with E-state index in [9.17, 15) is 18.0 Å². The van der Waals surface area contributed by atoms with Gasteiger partial charge in [0.1, 0.15) is 5.75 Å². The van der Waals surface area contributed by atoms with Gasteiger partial charge in [0.25, 0.3) is 5.91 Å². The van der Waals surface area contributed by atoms with E-state index >= 15 is 0 Å². The number of rotatable bonds is 11. The number of methoxy groups -OCH3 is 2. The van der Waals surface area contributed by atoms with Crippen LogP contribution in [0.4, 0.5) is 0 Å². The number of nitrogens with one attached hydrogen (secondary N) is 3. The van der Waals surface area contributed by atoms with Crippen LogP contribution in [0.2, 0.25) is 0 Å². The smallest absolute Gasteiger partial charge is 0.252 e. The standard InChI is InChI=1S/C21H27N3O6S/c1-15-4-9-18(31(27,28)24-10-11-29-2)12-19(15)21(26)23-14-20(25)22-13-16-5-7-17(30-3)8-6-16/h4-9,12,24H,10-11,13-14H2,1-3H3,(H,22,25)(H,23,26). The molecule has 0 heterocycles. The lowest BCUT2D eigenvalue weighted by molar-refractivity contribution is -0.120. The third-order valence-corrected chi connectivity index (χ3v) is 5.88. The zero-order chi connectivity index (χ0) is 22.9. The number of benzene rings is 2. The molecule has 0 atom stereocenters. The third-order valence-electron chi connectivity index (χ3n) is 4.42. The van der Waals surface area contributed by atoms with Crippen molar-refractivity contribution in [1.82, 2.24) is 15.4 Å². The Balaban J connectivity index is 1.94. The lowest BCUT2D eigenvalue weighted by Gasteiger charge is -2.11. The van der Waals surface area contributed by atoms with Crippen molar-refractivity contribution in [3.05, 3.63) is 59.2 Å². The molecule has 0 saturated carbocycles. The van der Waals surface area contributed by atoms with Gasteiger partial charge in [-0.2, -0.15) is 0 Å². The largest absolute Gasteiger partial charge is 0.497 e. The number of sulfonamides is 1. The minimum Gasteiger partial charge on any atom is -0.497 e. The lowest BCUT2D eigenvalue weighted by Crippen LogP contribution is -2.37. The van der Waals surface area contributed by atoms with Crippen molar-refractivity contribution >= 4 is 21.8 Å². The van der Waals surface area contributed by atoms with Crippen LogP contribution < -0.4 is 20.1 Å². The summed E-state index contributed by atoms with van der Waals surface area (Å²) in [6.07, 6.45) is 0. The number of ether oxygens (including phenoxy) is 2. The molecule has 0 fully saturated rings. The van der Waals surface area contributed by atoms with Crippen molar-refractivity contribution in [2.24, 2.45) is 0 Å². The molecule has 2 aromatic rings. The minimum atomic E-state index is -3.78. The second-order valence-corrected chi connectivity index (χ2v) is 8.44. The molecule has 0 unspecified atom stereocenters. The van der Waals surface area contributed by atoms with Gasteiger partial charge < -0.3 is 20.1 Å². The zero-order valence-corrected chi connectivity index (χ0v) is 18.5. The number of carbonyl (C=O) groups is 2. The Kier molecular flexibility index (Phi) is 8.98. The lowest BCUT2D eigenvalue weighted by atomic mass is 10.1. The van der Waals surface area contributed by atoms with E-state index in [1.54, 1.807) is 32.2 Å². The highest BCUT2D eigenvalue weighted by Crippen LogP contribution is 2.16. The first-order chi connectivity index (χ1) is 14.8. The van der Waals surface area contributed by atoms with Crippen LogP contribution >= 0.6 is 0 Å². The minimum absolute atomic E-state index is 0.0386. The second-order valence-electron chi connectivity index (χ2n) is 6.67. The summed E-state index contributed by atoms with van der Waals surface area (Å²) in [5, 5.41) is 5.23. The van der Waals surface area contributed by atoms with Crippen LogP contribution in [0, 0.1) is 6.92 Å². The highest BCUT2D eigenvalue weighted by atomic mass is 32.2. The van der Waals surface area contributed by atoms with Crippen molar-refractivity contribution in [2.45, 2.75) is 18.4 Å². The van der Waals surface area contributed by atoms with E-state index in [0.29, 0.717) is 12.1 Å². The predicted octanol–water partition coefficient (Wildman–Crippen LogP) is 0.975. The molecule has 0 aliphatic carbocycles. The summed E-state index contributed by atoms with van der Waals surface area (Å²) < 4.78 is 37.0. The van der Waals surface area contributed by atoms with Gasteiger partial charge in [0.15, 0.2) is 0 Å². The van der Waals surface area contributed by atoms with E-state index in [4.69, 9.17) is 9.47 Å². The van der Waals surface area contributed by atoms with Gasteiger partial charge in [-0.3, -0.25) is 9.59 Å². The maximum absolute atomic E-state index is 12.5. The SMILES string of the molecule is COCCNS(=O)(=O)c1ccc(C)c(C(=O)NCC(=O)NCc2ccc(OC)cc2)c1. The Morgan fingerprint density at radius 3 is 2.35 bits per heavy atom. The Hall–Kier alpha value is -2.95. The molecule has 2 rings (SSSR count). The van der Waals surface area contributed by atoms with E-state index in [0.717, 1.165) is 11.3 Å². The first-order valence-electron chi connectivity index (χ1n) is 9.54. The fourth-order valence-electron chi connectivity index (χ4n) is 2.64. The van der Waals surface area contributed by atoms with Gasteiger partial charge in [-0.1, -0.05) is 18.2 Å². The van der Waals surface area contributed by atoms with E-state index in [-0.39, 0.29) is 36.1 Å². The summed E-state index contributed by atoms with van der Waals surface area (Å²) in [5.74, 6) is -0.186. The van der Waals surface area contributed by atoms with Crippen molar-refractivity contribution < 1.29 is 27.5 Å². The molecule has 168 valence electrons. The first-order valence-corrected chi connectivity index (χ1v) is 11.0. The van der Waals surface area contributed by atoms with Gasteiger partial charge in [-0.15, -0.1) is 0 Å². The number of hydrogen-bond donors (Lipinski definition) is 3. The van der Waals surface area contributed by atoms with Gasteiger partial charge >= 0.3 is 0 Å². The predicted molar refractivity (Wildman–Crippen MR) is 115 cm³/mol. The Bertz CT molecular complexity index is 1010. The van der Waals surface area contributed by atoms with Gasteiger partial charge in [0.2, 0.25) is 15.9 Å². The van der Waals surface area contributed by atoms with Crippen LogP contribution in [0.1, 0.15) is 21.5 Å². The molecule has 0 radical (unpaired) electrons. The zero-order valence-electron chi connectivity index (χ0n) is 17.7. The molecule has 0 aliphatic heterocycles. The molecule has 31 heavy (non-hydrogen) atoms. The fourth-order valence-corrected chi connectivity index (χ4v) is 3.68. The van der Waals surface area contributed by atoms with Gasteiger partial charge in [-0.05, 0) is 42.3 Å². The molecule has 3 N–H and O–H groups in total. The third kappa shape index (κ3) is 7.35. The van der Waals surface area contributed by atoms with Crippen LogP contribution in [0.15, 0.2) is 47.4 Å². The Morgan fingerprint density at radius 2 is 1.71 bits per heavy atom. The average Bonchev–Trinajstić information content (AvgIpc) is 2.76. The van der Waals surface area contributed by atoms with Crippen LogP contribution in [-0.2, 0) is 26.1 Å². The van der Waals surface area contributed by atoms with Gasteiger partial charge in [-0.25, -0.2) is 13.1 Å². The number of amides is 2. The first kappa shape index (κ1) is 24.3. The van der Waals surface area contributed by atoms with E-state index in [1.807, 2.05) is 12.1 Å². The van der Waals surface area contributed by atoms with Crippen LogP contribution in [0.5, 0.6) is 5.75 Å². The molecule has 10 heteroatoms. The Labute approximate surface area is 182 Å². The summed E-state index contributed by atoms with van der Waals surface area (Å²) in [6.45, 7) is 2.09. The molecule has 9 nitrogen and oxygen atoms in total. The van der Waals surface area contributed by atoms with E-state index < -0.39 is 15.9 Å². The summed E-state index contributed by atoms with van der Waals surface area (Å²) >= 11 is 0. The van der Waals surface area contributed by atoms with E-state index in [2.05, 4.69) is 15.4 Å². The quantitative estimate of drug-likeness (QED) is 0.440. The van der Waals surface area contributed by atoms with Crippen LogP contribution in [0.3, 0.4) is 0 Å². The molecule has 2 aromatic carbocycles. The summed E-state index contributed by atoms with van der Waals surface area (Å²) in [6, 6.07) is 11.5. The summed E-state index contributed by atoms with van der Waals surface area (Å²) in [4.78, 5) is 24.5. The molecule has 0 spiro atoms. The average molecular weight is 450 g/mol. The maximum Gasteiger partial charge on any atom is 0.252 e. The summed E-state index contributed by atoms with van der Waals surface area (Å²) in [7, 11) is -0.737. The van der Waals surface area contributed by atoms with Gasteiger partial charge in [0.05, 0.1) is 25.2 Å². The second kappa shape index (κ2) is 11.4. The Morgan fingerprint density at radius 1 is 1.00 bits per heavy atom. The van der Waals surface area contributed by atoms with Crippen molar-refractivity contribution in [3.63, 3.8) is 0 Å². The summed E-state index contributed by atoms with van der Waals surface area (Å²) in [5.41, 5.74) is 1.65. The molecule has 0 aliphatic rings. The molecule has 0 aromatic heterocycles. The maximum atomic E-state index is 12.5. The molecule has 2 amide bonds. The molecular formula is C21H27N3O6S. The highest BCUT2D eigenvalue weighted by molar-refractivity contribution is 7.89. The highest BCUT2D eigenvalue weighted by Gasteiger charge is 2.18. The molecule has 0 saturated heterocycles. The van der Waals surface area contributed by atoms with Crippen molar-refractivity contribution in [2.75, 3.05) is 33.9 Å². The normalized spacial score (nSPS) is 11.1. The number of hydrogen-bond acceptors (Lipinski definition) is 6. The van der Waals surface area contributed by atoms with Crippen LogP contribution in [0.25, 0.3) is 0 Å². The number of aryl methyl sites for hydroxylation is 1. The van der Waals surface area contributed by atoms with Crippen molar-refractivity contribution in [1.29, 1.82) is 0 Å². The van der Waals surface area contributed by atoms with E-state index in [1.165, 1.54) is 19.2 Å². The fraction of sp³-hybridized carbons (Fsp3) is 0.333. The number of carbonyl (C=O) groups excluding carboxylic acids is 2. The van der Waals surface area contributed by atoms with Crippen molar-refractivity contribution in [3.8, 4) is 5.75 Å². The van der Waals surface area contributed by atoms with Gasteiger partial charge in [0, 0.05) is 25.8 Å². The molecular weight excluding hydrogens is 422 g/mol. The monoisotopic (exact) mass is 449 g/mol. The molecule has 0 bridgehead atoms. The van der Waals surface area contributed by atoms with Crippen LogP contribution in [-0.4, -0.2) is 54.1 Å².